The van der Waals surface area contributed by atoms with E-state index >= 15 is 0 Å². The molecule has 0 unspecified atom stereocenters. The van der Waals surface area contributed by atoms with E-state index in [2.05, 4.69) is 24.9 Å². The summed E-state index contributed by atoms with van der Waals surface area (Å²) in [5.41, 5.74) is 4.31. The van der Waals surface area contributed by atoms with E-state index in [1.807, 2.05) is 24.8 Å². The number of aryl methyl sites for hydroxylation is 2. The number of imidazole rings is 1. The summed E-state index contributed by atoms with van der Waals surface area (Å²) < 4.78 is 0. The van der Waals surface area contributed by atoms with Gasteiger partial charge in [-0.3, -0.25) is 9.78 Å². The van der Waals surface area contributed by atoms with Gasteiger partial charge >= 0.3 is 0 Å². The molecule has 134 valence electrons. The zero-order valence-corrected chi connectivity index (χ0v) is 15.6. The number of nitrogens with zero attached hydrogens (tertiary/aromatic N) is 5. The average molecular weight is 368 g/mol. The molecule has 1 fully saturated rings. The number of hydrogen-bond acceptors (Lipinski definition) is 6. The van der Waals surface area contributed by atoms with Crippen molar-refractivity contribution in [3.8, 4) is 11.5 Å². The van der Waals surface area contributed by atoms with Crippen molar-refractivity contribution < 1.29 is 4.79 Å². The molecule has 0 aliphatic carbocycles. The lowest BCUT2D eigenvalue weighted by atomic mass is 9.98. The first-order valence-corrected chi connectivity index (χ1v) is 9.57. The van der Waals surface area contributed by atoms with Gasteiger partial charge in [-0.2, -0.15) is 0 Å². The molecule has 4 rings (SSSR count). The molecule has 1 atom stereocenters. The molecule has 26 heavy (non-hydrogen) atoms. The highest BCUT2D eigenvalue weighted by molar-refractivity contribution is 7.11. The van der Waals surface area contributed by atoms with Crippen molar-refractivity contribution in [1.29, 1.82) is 0 Å². The highest BCUT2D eigenvalue weighted by Gasteiger charge is 2.31. The van der Waals surface area contributed by atoms with Gasteiger partial charge in [-0.1, -0.05) is 0 Å². The molecule has 8 heteroatoms. The van der Waals surface area contributed by atoms with E-state index in [-0.39, 0.29) is 11.9 Å². The number of amides is 1. The van der Waals surface area contributed by atoms with Crippen LogP contribution in [0, 0.1) is 13.8 Å². The highest BCUT2D eigenvalue weighted by Crippen LogP contribution is 2.32. The van der Waals surface area contributed by atoms with Crippen molar-refractivity contribution in [1.82, 2.24) is 29.8 Å². The third-order valence-electron chi connectivity index (χ3n) is 4.55. The number of carbonyl (C=O) groups is 1. The molecule has 1 amide bonds. The second kappa shape index (κ2) is 6.95. The van der Waals surface area contributed by atoms with Crippen molar-refractivity contribution in [2.75, 3.05) is 6.54 Å². The van der Waals surface area contributed by atoms with Crippen LogP contribution in [0.3, 0.4) is 0 Å². The molecule has 1 N–H and O–H groups in total. The highest BCUT2D eigenvalue weighted by atomic mass is 32.1. The third kappa shape index (κ3) is 3.24. The Balaban J connectivity index is 1.70. The Labute approximate surface area is 155 Å². The van der Waals surface area contributed by atoms with Gasteiger partial charge in [0.2, 0.25) is 0 Å². The Morgan fingerprint density at radius 1 is 1.27 bits per heavy atom. The van der Waals surface area contributed by atoms with Crippen molar-refractivity contribution in [3.05, 3.63) is 46.1 Å². The lowest BCUT2D eigenvalue weighted by molar-refractivity contribution is 0.0610. The normalized spacial score (nSPS) is 17.5. The summed E-state index contributed by atoms with van der Waals surface area (Å²) >= 11 is 1.38. The topological polar surface area (TPSA) is 87.7 Å². The van der Waals surface area contributed by atoms with Gasteiger partial charge in [0.05, 0.1) is 23.4 Å². The number of nitrogens with one attached hydrogen (secondary N) is 1. The van der Waals surface area contributed by atoms with E-state index in [1.165, 1.54) is 11.3 Å². The van der Waals surface area contributed by atoms with Crippen LogP contribution in [-0.2, 0) is 0 Å². The second-order valence-electron chi connectivity index (χ2n) is 6.52. The Morgan fingerprint density at radius 2 is 2.15 bits per heavy atom. The van der Waals surface area contributed by atoms with E-state index in [9.17, 15) is 4.79 Å². The number of carbonyl (C=O) groups excluding carboxylic acids is 1. The van der Waals surface area contributed by atoms with E-state index in [4.69, 9.17) is 0 Å². The fraction of sp³-hybridized carbons (Fsp3) is 0.389. The maximum Gasteiger partial charge on any atom is 0.266 e. The predicted molar refractivity (Wildman–Crippen MR) is 98.8 cm³/mol. The smallest absolute Gasteiger partial charge is 0.266 e. The molecular formula is C18H20N6OS. The first-order valence-electron chi connectivity index (χ1n) is 8.69. The Kier molecular flexibility index (Phi) is 4.50. The van der Waals surface area contributed by atoms with Gasteiger partial charge in [0.15, 0.2) is 5.82 Å². The third-order valence-corrected chi connectivity index (χ3v) is 5.31. The van der Waals surface area contributed by atoms with Crippen LogP contribution in [0.4, 0.5) is 0 Å². The second-order valence-corrected chi connectivity index (χ2v) is 7.40. The SMILES string of the molecule is Cc1nc(-c2ncc(C)[nH]2)cc([C@H]2CCCCN2C(=O)c2cncs2)n1. The van der Waals surface area contributed by atoms with E-state index < -0.39 is 0 Å². The molecule has 1 aliphatic heterocycles. The standard InChI is InChI=1S/C18H20N6OS/c1-11-8-20-17(21-11)14-7-13(22-12(2)23-14)15-5-3-4-6-24(15)18(25)16-9-19-10-26-16/h7-10,15H,3-6H2,1-2H3,(H,20,21)/t15-/m1/s1. The number of aromatic nitrogens is 5. The van der Waals surface area contributed by atoms with Crippen LogP contribution in [0.1, 0.15) is 52.2 Å². The number of hydrogen-bond donors (Lipinski definition) is 1. The van der Waals surface area contributed by atoms with Crippen LogP contribution in [-0.4, -0.2) is 42.3 Å². The Bertz CT molecular complexity index is 920. The maximum absolute atomic E-state index is 12.9. The molecule has 0 bridgehead atoms. The minimum Gasteiger partial charge on any atom is -0.341 e. The lowest BCUT2D eigenvalue weighted by Gasteiger charge is -2.35. The van der Waals surface area contributed by atoms with Gasteiger partial charge in [0, 0.05) is 18.4 Å². The zero-order valence-electron chi connectivity index (χ0n) is 14.8. The molecule has 0 spiro atoms. The summed E-state index contributed by atoms with van der Waals surface area (Å²) in [6.07, 6.45) is 6.41. The van der Waals surface area contributed by atoms with Crippen molar-refractivity contribution >= 4 is 17.2 Å². The average Bonchev–Trinajstić information content (AvgIpc) is 3.32. The molecule has 1 saturated heterocycles. The fourth-order valence-corrected chi connectivity index (χ4v) is 3.95. The number of aromatic amines is 1. The summed E-state index contributed by atoms with van der Waals surface area (Å²) in [4.78, 5) is 36.3. The largest absolute Gasteiger partial charge is 0.341 e. The number of H-pyrrole nitrogens is 1. The number of likely N-dealkylation sites (tertiary alicyclic amines) is 1. The number of piperidine rings is 1. The molecule has 0 aromatic carbocycles. The molecule has 1 aliphatic rings. The first kappa shape index (κ1) is 16.8. The van der Waals surface area contributed by atoms with Crippen molar-refractivity contribution in [3.63, 3.8) is 0 Å². The zero-order chi connectivity index (χ0) is 18.1. The van der Waals surface area contributed by atoms with Crippen LogP contribution < -0.4 is 0 Å². The van der Waals surface area contributed by atoms with Gasteiger partial charge in [0.1, 0.15) is 16.4 Å². The van der Waals surface area contributed by atoms with Crippen LogP contribution in [0.15, 0.2) is 24.0 Å². The summed E-state index contributed by atoms with van der Waals surface area (Å²) in [5.74, 6) is 1.44. The quantitative estimate of drug-likeness (QED) is 0.766. The lowest BCUT2D eigenvalue weighted by Crippen LogP contribution is -2.38. The maximum atomic E-state index is 12.9. The number of rotatable bonds is 3. The minimum absolute atomic E-state index is 0.0314. The molecule has 3 aromatic rings. The molecule has 3 aromatic heterocycles. The van der Waals surface area contributed by atoms with Gasteiger partial charge in [-0.15, -0.1) is 11.3 Å². The van der Waals surface area contributed by atoms with Crippen molar-refractivity contribution in [2.24, 2.45) is 0 Å². The summed E-state index contributed by atoms with van der Waals surface area (Å²) in [6.45, 7) is 4.57. The predicted octanol–water partition coefficient (Wildman–Crippen LogP) is 3.31. The fourth-order valence-electron chi connectivity index (χ4n) is 3.37. The van der Waals surface area contributed by atoms with Crippen LogP contribution in [0.25, 0.3) is 11.5 Å². The van der Waals surface area contributed by atoms with E-state index in [1.54, 1.807) is 17.9 Å². The molecule has 7 nitrogen and oxygen atoms in total. The van der Waals surface area contributed by atoms with Gasteiger partial charge in [0.25, 0.3) is 5.91 Å². The molecule has 4 heterocycles. The van der Waals surface area contributed by atoms with Crippen LogP contribution in [0.2, 0.25) is 0 Å². The van der Waals surface area contributed by atoms with Crippen LogP contribution >= 0.6 is 11.3 Å². The summed E-state index contributed by atoms with van der Waals surface area (Å²) in [5, 5.41) is 0. The Hall–Kier alpha value is -2.61. The monoisotopic (exact) mass is 368 g/mol. The molecule has 0 saturated carbocycles. The molecule has 0 radical (unpaired) electrons. The van der Waals surface area contributed by atoms with E-state index in [0.29, 0.717) is 10.7 Å². The molecular weight excluding hydrogens is 348 g/mol. The summed E-state index contributed by atoms with van der Waals surface area (Å²) in [7, 11) is 0. The Morgan fingerprint density at radius 3 is 2.88 bits per heavy atom. The van der Waals surface area contributed by atoms with Gasteiger partial charge in [-0.05, 0) is 39.2 Å². The number of thiazole rings is 1. The van der Waals surface area contributed by atoms with Gasteiger partial charge in [-0.25, -0.2) is 15.0 Å². The summed E-state index contributed by atoms with van der Waals surface area (Å²) in [6, 6.07) is 1.91. The van der Waals surface area contributed by atoms with Gasteiger partial charge < -0.3 is 9.88 Å². The van der Waals surface area contributed by atoms with Crippen LogP contribution in [0.5, 0.6) is 0 Å². The van der Waals surface area contributed by atoms with Crippen molar-refractivity contribution in [2.45, 2.75) is 39.2 Å². The van der Waals surface area contributed by atoms with E-state index in [0.717, 1.165) is 48.7 Å². The minimum atomic E-state index is -0.0464. The first-order chi connectivity index (χ1) is 12.6.